The number of anilines is 1. The Labute approximate surface area is 155 Å². The van der Waals surface area contributed by atoms with Crippen molar-refractivity contribution in [3.05, 3.63) is 96.3 Å². The van der Waals surface area contributed by atoms with Gasteiger partial charge in [0.05, 0.1) is 11.9 Å². The fourth-order valence-electron chi connectivity index (χ4n) is 4.24. The Morgan fingerprint density at radius 3 is 2.12 bits per heavy atom. The molecule has 26 heavy (non-hydrogen) atoms. The number of unbranched alkanes of at least 4 members (excludes halogenated alkanes) is 1. The van der Waals surface area contributed by atoms with E-state index in [4.69, 9.17) is 5.73 Å². The smallest absolute Gasteiger partial charge is 0.0501 e. The molecular weight excluding hydrogens is 316 g/mol. The highest BCUT2D eigenvalue weighted by atomic mass is 14.7. The second-order valence-electron chi connectivity index (χ2n) is 7.06. The van der Waals surface area contributed by atoms with Gasteiger partial charge in [-0.05, 0) is 53.6 Å². The molecule has 0 aliphatic heterocycles. The molecule has 0 amide bonds. The molecule has 2 aromatic carbocycles. The summed E-state index contributed by atoms with van der Waals surface area (Å²) in [5, 5.41) is 0. The Morgan fingerprint density at radius 2 is 1.54 bits per heavy atom. The zero-order chi connectivity index (χ0) is 18.0. The molecule has 0 atom stereocenters. The van der Waals surface area contributed by atoms with Crippen LogP contribution in [0.4, 0.5) is 5.69 Å². The van der Waals surface area contributed by atoms with E-state index < -0.39 is 0 Å². The first-order valence-electron chi connectivity index (χ1n) is 9.28. The van der Waals surface area contributed by atoms with Gasteiger partial charge in [0, 0.05) is 11.1 Å². The van der Waals surface area contributed by atoms with E-state index in [1.807, 2.05) is 12.1 Å². The third kappa shape index (κ3) is 2.72. The number of hydrogen-bond acceptors (Lipinski definition) is 2. The van der Waals surface area contributed by atoms with Crippen LogP contribution in [-0.4, -0.2) is 4.98 Å². The van der Waals surface area contributed by atoms with E-state index in [9.17, 15) is 0 Å². The number of nitrogen functional groups attached to an aromatic ring is 1. The maximum absolute atomic E-state index is 5.72. The van der Waals surface area contributed by atoms with Gasteiger partial charge in [0.1, 0.15) is 0 Å². The van der Waals surface area contributed by atoms with Crippen LogP contribution in [0.25, 0.3) is 11.1 Å². The van der Waals surface area contributed by atoms with Gasteiger partial charge in [0.15, 0.2) is 0 Å². The first kappa shape index (κ1) is 16.6. The normalized spacial score (nSPS) is 13.8. The summed E-state index contributed by atoms with van der Waals surface area (Å²) >= 11 is 0. The minimum atomic E-state index is -0.0816. The monoisotopic (exact) mass is 340 g/mol. The second kappa shape index (κ2) is 6.80. The zero-order valence-corrected chi connectivity index (χ0v) is 15.0. The molecule has 3 aromatic rings. The van der Waals surface area contributed by atoms with Crippen LogP contribution in [0, 0.1) is 0 Å². The lowest BCUT2D eigenvalue weighted by Gasteiger charge is -2.28. The van der Waals surface area contributed by atoms with E-state index in [1.54, 1.807) is 6.20 Å². The van der Waals surface area contributed by atoms with Crippen molar-refractivity contribution in [2.75, 3.05) is 5.73 Å². The summed E-state index contributed by atoms with van der Waals surface area (Å²) in [7, 11) is 0. The highest BCUT2D eigenvalue weighted by Gasteiger charge is 2.39. The summed E-state index contributed by atoms with van der Waals surface area (Å²) in [6.45, 7) is 4.23. The largest absolute Gasteiger partial charge is 0.397 e. The topological polar surface area (TPSA) is 38.9 Å². The first-order chi connectivity index (χ1) is 12.7. The highest BCUT2D eigenvalue weighted by molar-refractivity contribution is 5.82. The molecule has 2 heteroatoms. The van der Waals surface area contributed by atoms with Gasteiger partial charge in [-0.15, -0.1) is 6.58 Å². The number of aryl methyl sites for hydroxylation is 1. The Balaban J connectivity index is 1.55. The molecule has 1 heterocycles. The van der Waals surface area contributed by atoms with E-state index in [-0.39, 0.29) is 5.41 Å². The summed E-state index contributed by atoms with van der Waals surface area (Å²) in [6, 6.07) is 21.5. The molecule has 2 nitrogen and oxygen atoms in total. The average Bonchev–Trinajstić information content (AvgIpc) is 2.97. The SMILES string of the molecule is C=CC1(CCCCc2ccc(N)cn2)c2ccccc2-c2ccccc21. The van der Waals surface area contributed by atoms with Crippen molar-refractivity contribution in [3.8, 4) is 11.1 Å². The summed E-state index contributed by atoms with van der Waals surface area (Å²) in [6.07, 6.45) is 8.18. The van der Waals surface area contributed by atoms with Crippen LogP contribution in [0.3, 0.4) is 0 Å². The quantitative estimate of drug-likeness (QED) is 0.473. The number of benzene rings is 2. The number of aromatic nitrogens is 1. The number of fused-ring (bicyclic) bond motifs is 3. The Kier molecular flexibility index (Phi) is 4.34. The summed E-state index contributed by atoms with van der Waals surface area (Å²) < 4.78 is 0. The van der Waals surface area contributed by atoms with Crippen LogP contribution in [-0.2, 0) is 11.8 Å². The van der Waals surface area contributed by atoms with Gasteiger partial charge in [-0.25, -0.2) is 0 Å². The van der Waals surface area contributed by atoms with E-state index in [0.717, 1.165) is 37.1 Å². The van der Waals surface area contributed by atoms with Crippen LogP contribution >= 0.6 is 0 Å². The minimum absolute atomic E-state index is 0.0816. The van der Waals surface area contributed by atoms with Crippen LogP contribution in [0.15, 0.2) is 79.5 Å². The number of hydrogen-bond donors (Lipinski definition) is 1. The molecule has 0 radical (unpaired) electrons. The van der Waals surface area contributed by atoms with Crippen molar-refractivity contribution >= 4 is 5.69 Å². The maximum atomic E-state index is 5.72. The van der Waals surface area contributed by atoms with Crippen LogP contribution < -0.4 is 5.73 Å². The summed E-state index contributed by atoms with van der Waals surface area (Å²) in [5.41, 5.74) is 12.9. The highest BCUT2D eigenvalue weighted by Crippen LogP contribution is 2.51. The molecular formula is C24H24N2. The summed E-state index contributed by atoms with van der Waals surface area (Å²) in [4.78, 5) is 4.41. The predicted octanol–water partition coefficient (Wildman–Crippen LogP) is 5.53. The van der Waals surface area contributed by atoms with Crippen molar-refractivity contribution in [2.24, 2.45) is 0 Å². The number of nitrogens with two attached hydrogens (primary N) is 1. The lowest BCUT2D eigenvalue weighted by molar-refractivity contribution is 0.542. The third-order valence-corrected chi connectivity index (χ3v) is 5.56. The predicted molar refractivity (Wildman–Crippen MR) is 109 cm³/mol. The van der Waals surface area contributed by atoms with Crippen molar-refractivity contribution in [1.29, 1.82) is 0 Å². The number of allylic oxidation sites excluding steroid dienone is 1. The zero-order valence-electron chi connectivity index (χ0n) is 15.0. The lowest BCUT2D eigenvalue weighted by Crippen LogP contribution is -2.22. The van der Waals surface area contributed by atoms with Gasteiger partial charge in [-0.1, -0.05) is 61.0 Å². The summed E-state index contributed by atoms with van der Waals surface area (Å²) in [5.74, 6) is 0. The second-order valence-corrected chi connectivity index (χ2v) is 7.06. The first-order valence-corrected chi connectivity index (χ1v) is 9.28. The van der Waals surface area contributed by atoms with E-state index in [2.05, 4.69) is 66.2 Å². The van der Waals surface area contributed by atoms with Crippen molar-refractivity contribution in [3.63, 3.8) is 0 Å². The molecule has 0 unspecified atom stereocenters. The minimum Gasteiger partial charge on any atom is -0.397 e. The molecule has 0 saturated heterocycles. The van der Waals surface area contributed by atoms with Crippen LogP contribution in [0.1, 0.15) is 36.1 Å². The molecule has 0 saturated carbocycles. The van der Waals surface area contributed by atoms with Crippen LogP contribution in [0.2, 0.25) is 0 Å². The average molecular weight is 340 g/mol. The Bertz CT molecular complexity index is 879. The Morgan fingerprint density at radius 1 is 0.885 bits per heavy atom. The molecule has 1 aliphatic rings. The molecule has 130 valence electrons. The molecule has 0 fully saturated rings. The fourth-order valence-corrected chi connectivity index (χ4v) is 4.24. The lowest BCUT2D eigenvalue weighted by atomic mass is 9.74. The van der Waals surface area contributed by atoms with Gasteiger partial charge in [-0.3, -0.25) is 4.98 Å². The molecule has 2 N–H and O–H groups in total. The molecule has 1 aromatic heterocycles. The van der Waals surface area contributed by atoms with Crippen LogP contribution in [0.5, 0.6) is 0 Å². The fraction of sp³-hybridized carbons (Fsp3) is 0.208. The number of pyridine rings is 1. The van der Waals surface area contributed by atoms with E-state index >= 15 is 0 Å². The van der Waals surface area contributed by atoms with Crippen molar-refractivity contribution in [2.45, 2.75) is 31.1 Å². The van der Waals surface area contributed by atoms with E-state index in [1.165, 1.54) is 22.3 Å². The molecule has 1 aliphatic carbocycles. The van der Waals surface area contributed by atoms with Gasteiger partial charge in [0.2, 0.25) is 0 Å². The van der Waals surface area contributed by atoms with E-state index in [0.29, 0.717) is 0 Å². The van der Waals surface area contributed by atoms with Gasteiger partial charge < -0.3 is 5.73 Å². The van der Waals surface area contributed by atoms with Gasteiger partial charge >= 0.3 is 0 Å². The molecule has 4 rings (SSSR count). The number of rotatable bonds is 6. The van der Waals surface area contributed by atoms with Gasteiger partial charge in [-0.2, -0.15) is 0 Å². The standard InChI is InChI=1S/C24H24N2/c1-2-24(16-8-7-9-19-15-14-18(25)17-26-19)22-12-5-3-10-20(22)21-11-4-6-13-23(21)24/h2-6,10-15,17H,1,7-9,16,25H2. The molecule has 0 bridgehead atoms. The van der Waals surface area contributed by atoms with Crippen molar-refractivity contribution < 1.29 is 0 Å². The Hall–Kier alpha value is -2.87. The number of nitrogens with zero attached hydrogens (tertiary/aromatic N) is 1. The van der Waals surface area contributed by atoms with Gasteiger partial charge in [0.25, 0.3) is 0 Å². The molecule has 0 spiro atoms. The third-order valence-electron chi connectivity index (χ3n) is 5.56. The maximum Gasteiger partial charge on any atom is 0.0501 e. The van der Waals surface area contributed by atoms with Crippen molar-refractivity contribution in [1.82, 2.24) is 4.98 Å².